The molecule has 0 atom stereocenters. The predicted octanol–water partition coefficient (Wildman–Crippen LogP) is 1.89. The van der Waals surface area contributed by atoms with Crippen molar-refractivity contribution in [2.75, 3.05) is 7.18 Å². The zero-order chi connectivity index (χ0) is 6.50. The van der Waals surface area contributed by atoms with Crippen LogP contribution in [0.2, 0.25) is 0 Å². The van der Waals surface area contributed by atoms with E-state index < -0.39 is 9.41 Å². The molecule has 0 aliphatic heterocycles. The van der Waals surface area contributed by atoms with Gasteiger partial charge >= 0.3 is 9.41 Å². The van der Waals surface area contributed by atoms with Gasteiger partial charge in [0.05, 0.1) is 7.18 Å². The second kappa shape index (κ2) is 4.04. The van der Waals surface area contributed by atoms with Crippen LogP contribution in [-0.4, -0.2) is 16.6 Å². The first-order valence-electron chi connectivity index (χ1n) is 1.13. The third kappa shape index (κ3) is 4950. The number of halogens is 5. The van der Waals surface area contributed by atoms with Gasteiger partial charge in [0.25, 0.3) is 0 Å². The Morgan fingerprint density at radius 1 is 0.857 bits per heavy atom. The van der Waals surface area contributed by atoms with Crippen molar-refractivity contribution < 1.29 is 20.8 Å². The van der Waals surface area contributed by atoms with Crippen LogP contribution in [0.3, 0.4) is 0 Å². The smallest absolute Gasteiger partial charge is 0.255 e. The number of hydrogen-bond donors (Lipinski definition) is 0. The lowest BCUT2D eigenvalue weighted by Crippen LogP contribution is -2.02. The molecular weight excluding hydrogens is 135 g/mol. The Labute approximate surface area is 38.7 Å². The molecule has 0 amide bonds. The van der Waals surface area contributed by atoms with E-state index in [-0.39, 0.29) is 0 Å². The van der Waals surface area contributed by atoms with E-state index in [9.17, 15) is 20.8 Å². The molecule has 46 valence electrons. The monoisotopic (exact) mass is 138 g/mol. The van der Waals surface area contributed by atoms with Crippen molar-refractivity contribution in [3.05, 3.63) is 0 Å². The van der Waals surface area contributed by atoms with Crippen molar-refractivity contribution >= 4 is 9.41 Å². The Bertz CT molecular complexity index is 23.6. The molecule has 0 aromatic heterocycles. The van der Waals surface area contributed by atoms with Gasteiger partial charge in [0.2, 0.25) is 0 Å². The standard InChI is InChI=1S/CH3F.F4Si/c1-2;1-5(2,3)4/h1H3;. The molecule has 7 heavy (non-hydrogen) atoms. The fraction of sp³-hybridized carbons (Fsp3) is 1.00. The summed E-state index contributed by atoms with van der Waals surface area (Å²) in [4.78, 5) is 0. The number of rotatable bonds is 0. The predicted molar refractivity (Wildman–Crippen MR) is 17.2 cm³/mol. The second-order valence-electron chi connectivity index (χ2n) is 0.429. The van der Waals surface area contributed by atoms with Crippen LogP contribution >= 0.6 is 0 Å². The maximum atomic E-state index is 9.83. The van der Waals surface area contributed by atoms with E-state index in [4.69, 9.17) is 0 Å². The van der Waals surface area contributed by atoms with Gasteiger partial charge in [-0.3, -0.25) is 4.39 Å². The van der Waals surface area contributed by atoms with Gasteiger partial charge in [-0.1, -0.05) is 0 Å². The Morgan fingerprint density at radius 2 is 0.857 bits per heavy atom. The van der Waals surface area contributed by atoms with Crippen LogP contribution in [0, 0.1) is 0 Å². The van der Waals surface area contributed by atoms with Gasteiger partial charge in [-0.15, -0.1) is 0 Å². The van der Waals surface area contributed by atoms with E-state index in [1.165, 1.54) is 0 Å². The summed E-state index contributed by atoms with van der Waals surface area (Å²) < 4.78 is 48.8. The van der Waals surface area contributed by atoms with Crippen molar-refractivity contribution in [1.29, 1.82) is 0 Å². The fourth-order valence-corrected chi connectivity index (χ4v) is 0. The maximum absolute atomic E-state index is 9.83. The molecule has 0 N–H and O–H groups in total. The van der Waals surface area contributed by atoms with Crippen LogP contribution in [0.5, 0.6) is 0 Å². The van der Waals surface area contributed by atoms with Gasteiger partial charge in [-0.25, -0.2) is 16.4 Å². The molecule has 0 heterocycles. The van der Waals surface area contributed by atoms with Crippen molar-refractivity contribution in [2.24, 2.45) is 0 Å². The Kier molecular flexibility index (Phi) is 5.76. The zero-order valence-electron chi connectivity index (χ0n) is 3.39. The summed E-state index contributed by atoms with van der Waals surface area (Å²) in [5.41, 5.74) is 0. The lowest BCUT2D eigenvalue weighted by Gasteiger charge is -1.75. The van der Waals surface area contributed by atoms with E-state index in [0.29, 0.717) is 7.18 Å². The molecule has 0 saturated carbocycles. The van der Waals surface area contributed by atoms with E-state index in [2.05, 4.69) is 0 Å². The van der Waals surface area contributed by atoms with Gasteiger partial charge in [0.1, 0.15) is 0 Å². The molecule has 0 nitrogen and oxygen atoms in total. The van der Waals surface area contributed by atoms with Crippen LogP contribution in [0.4, 0.5) is 20.8 Å². The average Bonchev–Trinajstić information content (AvgIpc) is 1.36. The number of hydrogen-bond acceptors (Lipinski definition) is 0. The largest absolute Gasteiger partial charge is 0.844 e. The van der Waals surface area contributed by atoms with E-state index in [0.717, 1.165) is 0 Å². The topological polar surface area (TPSA) is 0 Å². The molecule has 0 aliphatic rings. The van der Waals surface area contributed by atoms with E-state index >= 15 is 0 Å². The first-order chi connectivity index (χ1) is 3.00. The summed E-state index contributed by atoms with van der Waals surface area (Å²) in [5.74, 6) is 0. The molecule has 0 aromatic carbocycles. The van der Waals surface area contributed by atoms with Crippen LogP contribution in [0.15, 0.2) is 0 Å². The van der Waals surface area contributed by atoms with Gasteiger partial charge < -0.3 is 0 Å². The minimum atomic E-state index is -6.61. The van der Waals surface area contributed by atoms with Crippen molar-refractivity contribution in [3.63, 3.8) is 0 Å². The first-order valence-corrected chi connectivity index (χ1v) is 2.65. The SMILES string of the molecule is CF.F[Si](F)(F)F. The third-order valence-electron chi connectivity index (χ3n) is 0. The van der Waals surface area contributed by atoms with E-state index in [1.54, 1.807) is 0 Å². The summed E-state index contributed by atoms with van der Waals surface area (Å²) in [6.45, 7) is 0. The first kappa shape index (κ1) is 9.98. The van der Waals surface area contributed by atoms with Crippen LogP contribution in [0.25, 0.3) is 0 Å². The second-order valence-corrected chi connectivity index (χ2v) is 1.29. The van der Waals surface area contributed by atoms with Gasteiger partial charge in [-0.05, 0) is 0 Å². The van der Waals surface area contributed by atoms with Gasteiger partial charge in [0, 0.05) is 0 Å². The van der Waals surface area contributed by atoms with E-state index in [1.807, 2.05) is 0 Å². The maximum Gasteiger partial charge on any atom is 0.844 e. The highest BCUT2D eigenvalue weighted by atomic mass is 28.5. The highest BCUT2D eigenvalue weighted by molar-refractivity contribution is 6.50. The molecule has 0 aromatic rings. The molecule has 0 radical (unpaired) electrons. The highest BCUT2D eigenvalue weighted by Gasteiger charge is 2.39. The minimum absolute atomic E-state index is 0.500. The molecule has 0 fully saturated rings. The summed E-state index contributed by atoms with van der Waals surface area (Å²) in [7, 11) is -6.11. The molecular formula is CH3F5Si. The molecule has 0 unspecified atom stereocenters. The van der Waals surface area contributed by atoms with Gasteiger partial charge in [0.15, 0.2) is 0 Å². The van der Waals surface area contributed by atoms with Crippen molar-refractivity contribution in [2.45, 2.75) is 0 Å². The Morgan fingerprint density at radius 3 is 0.857 bits per heavy atom. The lowest BCUT2D eigenvalue weighted by atomic mass is 11.9. The Hall–Kier alpha value is -0.133. The minimum Gasteiger partial charge on any atom is -0.255 e. The summed E-state index contributed by atoms with van der Waals surface area (Å²) in [5, 5.41) is 0. The zero-order valence-corrected chi connectivity index (χ0v) is 4.39. The third-order valence-corrected chi connectivity index (χ3v) is 0. The van der Waals surface area contributed by atoms with Crippen molar-refractivity contribution in [1.82, 2.24) is 0 Å². The quantitative estimate of drug-likeness (QED) is 0.272. The molecule has 0 rings (SSSR count). The highest BCUT2D eigenvalue weighted by Crippen LogP contribution is 2.06. The summed E-state index contributed by atoms with van der Waals surface area (Å²) in [6.07, 6.45) is 0. The van der Waals surface area contributed by atoms with Crippen LogP contribution in [0.1, 0.15) is 0 Å². The molecule has 0 aliphatic carbocycles. The summed E-state index contributed by atoms with van der Waals surface area (Å²) >= 11 is 0. The fourth-order valence-electron chi connectivity index (χ4n) is 0. The van der Waals surface area contributed by atoms with Gasteiger partial charge in [-0.2, -0.15) is 0 Å². The summed E-state index contributed by atoms with van der Waals surface area (Å²) in [6, 6.07) is 0. The lowest BCUT2D eigenvalue weighted by molar-refractivity contribution is 0.368. The molecule has 6 heteroatoms. The average molecular weight is 138 g/mol. The Balaban J connectivity index is 0. The van der Waals surface area contributed by atoms with Crippen LogP contribution in [-0.2, 0) is 0 Å². The van der Waals surface area contributed by atoms with Crippen molar-refractivity contribution in [3.8, 4) is 0 Å². The number of alkyl halides is 1. The molecule has 0 saturated heterocycles. The molecule has 0 spiro atoms. The normalized spacial score (nSPS) is 9.43. The molecule has 0 bridgehead atoms. The van der Waals surface area contributed by atoms with Crippen LogP contribution < -0.4 is 0 Å².